The molecule has 0 aliphatic carbocycles. The van der Waals surface area contributed by atoms with E-state index in [1.807, 2.05) is 62.4 Å². The third kappa shape index (κ3) is 12.8. The summed E-state index contributed by atoms with van der Waals surface area (Å²) in [6.45, 7) is 11.8. The smallest absolute Gasteiger partial charge is 0.335 e. The maximum atomic E-state index is 12.2. The van der Waals surface area contributed by atoms with Crippen molar-refractivity contribution >= 4 is 23.1 Å². The van der Waals surface area contributed by atoms with Gasteiger partial charge < -0.3 is 28.4 Å². The lowest BCUT2D eigenvalue weighted by atomic mass is 9.98. The van der Waals surface area contributed by atoms with Crippen LogP contribution in [0.1, 0.15) is 56.9 Å². The van der Waals surface area contributed by atoms with E-state index >= 15 is 0 Å². The summed E-state index contributed by atoms with van der Waals surface area (Å²) in [5, 5.41) is 0. The fraction of sp³-hybridized carbons (Fsp3) is 0.333. The maximum Gasteiger partial charge on any atom is 0.335 e. The Balaban J connectivity index is 1.25. The number of methoxy groups -OCH3 is 1. The van der Waals surface area contributed by atoms with E-state index in [1.165, 1.54) is 7.11 Å². The van der Waals surface area contributed by atoms with E-state index in [9.17, 15) is 9.59 Å². The topological polar surface area (TPSA) is 89.5 Å². The first-order valence-corrected chi connectivity index (χ1v) is 18.2. The molecule has 0 aliphatic rings. The van der Waals surface area contributed by atoms with Gasteiger partial charge >= 0.3 is 11.9 Å². The minimum Gasteiger partial charge on any atom is -0.490 e. The van der Waals surface area contributed by atoms with Gasteiger partial charge in [-0.2, -0.15) is 0 Å². The lowest BCUT2D eigenvalue weighted by Gasteiger charge is -2.15. The van der Waals surface area contributed by atoms with Gasteiger partial charge in [-0.25, -0.2) is 9.59 Å². The third-order valence-electron chi connectivity index (χ3n) is 8.73. The number of carbonyl (C=O) groups excluding carboxylic acids is 2. The Labute approximate surface area is 314 Å². The van der Waals surface area contributed by atoms with Crippen molar-refractivity contribution in [1.29, 1.82) is 0 Å². The molecule has 0 saturated heterocycles. The third-order valence-corrected chi connectivity index (χ3v) is 8.73. The first-order chi connectivity index (χ1) is 25.7. The van der Waals surface area contributed by atoms with Gasteiger partial charge in [0.25, 0.3) is 0 Å². The quantitative estimate of drug-likeness (QED) is 0.0837. The Kier molecular flexibility index (Phi) is 16.4. The van der Waals surface area contributed by atoms with Crippen molar-refractivity contribution in [1.82, 2.24) is 0 Å². The van der Waals surface area contributed by atoms with E-state index < -0.39 is 12.2 Å². The summed E-state index contributed by atoms with van der Waals surface area (Å²) < 4.78 is 33.0. The highest BCUT2D eigenvalue weighted by atomic mass is 16.6. The number of rotatable bonds is 20. The fourth-order valence-corrected chi connectivity index (χ4v) is 5.67. The number of benzene rings is 4. The highest BCUT2D eigenvalue weighted by molar-refractivity contribution is 5.76. The second-order valence-corrected chi connectivity index (χ2v) is 12.4. The van der Waals surface area contributed by atoms with E-state index in [0.29, 0.717) is 45.9 Å². The summed E-state index contributed by atoms with van der Waals surface area (Å²) in [4.78, 5) is 24.1. The van der Waals surface area contributed by atoms with Crippen molar-refractivity contribution in [3.8, 4) is 22.6 Å². The molecule has 0 spiro atoms. The van der Waals surface area contributed by atoms with Crippen LogP contribution in [-0.2, 0) is 41.4 Å². The minimum absolute atomic E-state index is 0.329. The second kappa shape index (κ2) is 21.4. The van der Waals surface area contributed by atoms with Gasteiger partial charge in [0.1, 0.15) is 24.7 Å². The second-order valence-electron chi connectivity index (χ2n) is 12.4. The van der Waals surface area contributed by atoms with Gasteiger partial charge in [0.05, 0.1) is 13.7 Å². The molecule has 0 fully saturated rings. The molecular formula is C45H52O8. The number of carbonyl (C=O) groups is 2. The largest absolute Gasteiger partial charge is 0.490 e. The molecule has 280 valence electrons. The summed E-state index contributed by atoms with van der Waals surface area (Å²) in [5.41, 5.74) is 8.77. The molecule has 2 atom stereocenters. The number of hydrogen-bond donors (Lipinski definition) is 0. The standard InChI is InChI=1S/C45H52O8/c1-7-49-42(44(46)48-6)30-34-10-22-40(23-11-34)52-28-26-32(4)36-14-18-38(19-15-36)39-20-16-37(17-21-39)33(5)27-29-53-41-24-12-35(13-25-41)31-43(50-8-2)45(47)51-9-3/h10-27,42-43H,7-9,28-31H2,1-6H3/b32-26+,33-27+. The maximum absolute atomic E-state index is 12.2. The van der Waals surface area contributed by atoms with Crippen LogP contribution in [0.2, 0.25) is 0 Å². The summed E-state index contributed by atoms with van der Waals surface area (Å²) in [6, 6.07) is 32.5. The van der Waals surface area contributed by atoms with Crippen LogP contribution in [0, 0.1) is 0 Å². The molecule has 4 aromatic carbocycles. The van der Waals surface area contributed by atoms with Gasteiger partial charge in [0.2, 0.25) is 0 Å². The molecule has 0 heterocycles. The zero-order valence-corrected chi connectivity index (χ0v) is 31.8. The minimum atomic E-state index is -0.615. The normalized spacial score (nSPS) is 12.9. The summed E-state index contributed by atoms with van der Waals surface area (Å²) in [6.07, 6.45) is 3.82. The molecule has 0 aliphatic heterocycles. The molecule has 0 saturated carbocycles. The zero-order chi connectivity index (χ0) is 38.0. The Morgan fingerprint density at radius 1 is 0.547 bits per heavy atom. The van der Waals surface area contributed by atoms with E-state index in [2.05, 4.69) is 74.5 Å². The molecule has 0 amide bonds. The molecule has 2 unspecified atom stereocenters. The van der Waals surface area contributed by atoms with Crippen molar-refractivity contribution < 1.29 is 38.0 Å². The number of ether oxygens (including phenoxy) is 6. The average molecular weight is 721 g/mol. The molecule has 4 aromatic rings. The highest BCUT2D eigenvalue weighted by Gasteiger charge is 2.21. The van der Waals surface area contributed by atoms with Crippen molar-refractivity contribution in [2.75, 3.05) is 40.1 Å². The molecule has 53 heavy (non-hydrogen) atoms. The molecule has 0 aromatic heterocycles. The Morgan fingerprint density at radius 2 is 0.943 bits per heavy atom. The van der Waals surface area contributed by atoms with E-state index in [4.69, 9.17) is 28.4 Å². The number of allylic oxidation sites excluding steroid dienone is 2. The van der Waals surface area contributed by atoms with Crippen LogP contribution in [0.5, 0.6) is 11.5 Å². The van der Waals surface area contributed by atoms with Crippen LogP contribution in [0.15, 0.2) is 109 Å². The molecule has 0 radical (unpaired) electrons. The summed E-state index contributed by atoms with van der Waals surface area (Å²) >= 11 is 0. The van der Waals surface area contributed by atoms with E-state index in [-0.39, 0.29) is 11.9 Å². The molecule has 8 nitrogen and oxygen atoms in total. The van der Waals surface area contributed by atoms with Crippen molar-refractivity contribution in [3.05, 3.63) is 131 Å². The Morgan fingerprint density at radius 3 is 1.30 bits per heavy atom. The van der Waals surface area contributed by atoms with Gasteiger partial charge in [-0.3, -0.25) is 0 Å². The molecule has 8 heteroatoms. The van der Waals surface area contributed by atoms with Gasteiger partial charge in [-0.05, 0) is 116 Å². The van der Waals surface area contributed by atoms with Gasteiger partial charge in [-0.15, -0.1) is 0 Å². The highest BCUT2D eigenvalue weighted by Crippen LogP contribution is 2.25. The van der Waals surface area contributed by atoms with Gasteiger partial charge in [0.15, 0.2) is 12.2 Å². The average Bonchev–Trinajstić information content (AvgIpc) is 3.18. The Hall–Kier alpha value is -5.18. The molecule has 0 bridgehead atoms. The zero-order valence-electron chi connectivity index (χ0n) is 31.8. The van der Waals surface area contributed by atoms with E-state index in [0.717, 1.165) is 56.0 Å². The first kappa shape index (κ1) is 40.6. The summed E-state index contributed by atoms with van der Waals surface area (Å²) in [7, 11) is 1.37. The lowest BCUT2D eigenvalue weighted by molar-refractivity contribution is -0.156. The van der Waals surface area contributed by atoms with Crippen LogP contribution in [-0.4, -0.2) is 64.3 Å². The predicted molar refractivity (Wildman–Crippen MR) is 210 cm³/mol. The lowest BCUT2D eigenvalue weighted by Crippen LogP contribution is -2.28. The first-order valence-electron chi connectivity index (χ1n) is 18.2. The van der Waals surface area contributed by atoms with Crippen LogP contribution >= 0.6 is 0 Å². The van der Waals surface area contributed by atoms with Crippen LogP contribution in [0.25, 0.3) is 22.3 Å². The summed E-state index contributed by atoms with van der Waals surface area (Å²) in [5.74, 6) is 0.806. The molecule has 0 N–H and O–H groups in total. The van der Waals surface area contributed by atoms with Crippen molar-refractivity contribution in [2.45, 2.75) is 59.7 Å². The Bertz CT molecular complexity index is 1770. The van der Waals surface area contributed by atoms with Gasteiger partial charge in [0, 0.05) is 26.1 Å². The van der Waals surface area contributed by atoms with Gasteiger partial charge in [-0.1, -0.05) is 72.8 Å². The fourth-order valence-electron chi connectivity index (χ4n) is 5.67. The number of hydrogen-bond acceptors (Lipinski definition) is 8. The SMILES string of the molecule is CCOC(=O)C(Cc1ccc(OC/C=C(\C)c2ccc(-c3ccc(/C(C)=C/COc4ccc(CC(OCC)C(=O)OC)cc4)cc3)cc2)cc1)OCC. The van der Waals surface area contributed by atoms with Crippen LogP contribution < -0.4 is 9.47 Å². The van der Waals surface area contributed by atoms with Crippen molar-refractivity contribution in [3.63, 3.8) is 0 Å². The molecule has 4 rings (SSSR count). The monoisotopic (exact) mass is 720 g/mol. The van der Waals surface area contributed by atoms with Crippen molar-refractivity contribution in [2.24, 2.45) is 0 Å². The number of esters is 2. The van der Waals surface area contributed by atoms with E-state index in [1.54, 1.807) is 6.92 Å². The van der Waals surface area contributed by atoms with Crippen LogP contribution in [0.3, 0.4) is 0 Å². The molecular weight excluding hydrogens is 668 g/mol. The predicted octanol–water partition coefficient (Wildman–Crippen LogP) is 8.95. The van der Waals surface area contributed by atoms with Crippen LogP contribution in [0.4, 0.5) is 0 Å².